The van der Waals surface area contributed by atoms with Crippen LogP contribution in [0.15, 0.2) is 51.8 Å². The van der Waals surface area contributed by atoms with Crippen molar-refractivity contribution < 1.29 is 23.1 Å². The highest BCUT2D eigenvalue weighted by Crippen LogP contribution is 2.27. The number of halogens is 1. The van der Waals surface area contributed by atoms with Gasteiger partial charge in [-0.15, -0.1) is 0 Å². The molecule has 0 bridgehead atoms. The average Bonchev–Trinajstić information content (AvgIpc) is 2.38. The Kier molecular flexibility index (Phi) is 4.34. The zero-order valence-electron chi connectivity index (χ0n) is 10.9. The molecule has 0 aromatic heterocycles. The summed E-state index contributed by atoms with van der Waals surface area (Å²) in [6.45, 7) is 0. The van der Waals surface area contributed by atoms with Gasteiger partial charge in [0.15, 0.2) is 9.84 Å². The predicted molar refractivity (Wildman–Crippen MR) is 80.7 cm³/mol. The smallest absolute Gasteiger partial charge is 0.336 e. The van der Waals surface area contributed by atoms with Crippen LogP contribution in [0.1, 0.15) is 10.4 Å². The number of aromatic carboxylic acids is 1. The second-order valence-electron chi connectivity index (χ2n) is 4.29. The molecule has 21 heavy (non-hydrogen) atoms. The number of carboxylic acids is 1. The van der Waals surface area contributed by atoms with Gasteiger partial charge in [0.1, 0.15) is 11.5 Å². The second-order valence-corrected chi connectivity index (χ2v) is 7.16. The van der Waals surface area contributed by atoms with Gasteiger partial charge in [0.2, 0.25) is 0 Å². The third kappa shape index (κ3) is 3.83. The third-order valence-electron chi connectivity index (χ3n) is 2.66. The Morgan fingerprint density at radius 2 is 1.67 bits per heavy atom. The summed E-state index contributed by atoms with van der Waals surface area (Å²) in [5.74, 6) is -0.137. The van der Waals surface area contributed by atoms with E-state index in [1.165, 1.54) is 42.5 Å². The molecule has 0 unspecified atom stereocenters. The lowest BCUT2D eigenvalue weighted by Gasteiger charge is -2.08. The van der Waals surface area contributed by atoms with Gasteiger partial charge in [-0.3, -0.25) is 0 Å². The van der Waals surface area contributed by atoms with E-state index in [1.807, 2.05) is 0 Å². The highest BCUT2D eigenvalue weighted by atomic mass is 79.9. The summed E-state index contributed by atoms with van der Waals surface area (Å²) in [5.41, 5.74) is 0.134. The van der Waals surface area contributed by atoms with Crippen molar-refractivity contribution in [3.63, 3.8) is 0 Å². The average molecular weight is 371 g/mol. The maximum absolute atomic E-state index is 11.3. The van der Waals surface area contributed by atoms with Crippen LogP contribution in [0.5, 0.6) is 11.5 Å². The maximum Gasteiger partial charge on any atom is 0.336 e. The monoisotopic (exact) mass is 370 g/mol. The Morgan fingerprint density at radius 3 is 2.14 bits per heavy atom. The fourth-order valence-electron chi connectivity index (χ4n) is 1.62. The molecular weight excluding hydrogens is 360 g/mol. The van der Waals surface area contributed by atoms with Crippen LogP contribution in [0.3, 0.4) is 0 Å². The van der Waals surface area contributed by atoms with Crippen molar-refractivity contribution >= 4 is 31.7 Å². The first-order valence-corrected chi connectivity index (χ1v) is 8.46. The lowest BCUT2D eigenvalue weighted by atomic mass is 10.2. The van der Waals surface area contributed by atoms with E-state index < -0.39 is 15.8 Å². The largest absolute Gasteiger partial charge is 0.478 e. The summed E-state index contributed by atoms with van der Waals surface area (Å²) in [7, 11) is -3.24. The molecule has 2 aromatic carbocycles. The van der Waals surface area contributed by atoms with E-state index in [0.717, 1.165) is 6.26 Å². The minimum Gasteiger partial charge on any atom is -0.478 e. The van der Waals surface area contributed by atoms with E-state index in [9.17, 15) is 13.2 Å². The van der Waals surface area contributed by atoms with Crippen LogP contribution in [0.2, 0.25) is 0 Å². The molecular formula is C14H11BrO5S. The molecule has 0 atom stereocenters. The highest BCUT2D eigenvalue weighted by Gasteiger charge is 2.10. The summed E-state index contributed by atoms with van der Waals surface area (Å²) >= 11 is 3.16. The molecule has 2 aromatic rings. The molecule has 2 rings (SSSR count). The number of carboxylic acid groups (broad SMARTS) is 1. The summed E-state index contributed by atoms with van der Waals surface area (Å²) in [6.07, 6.45) is 1.13. The minimum absolute atomic E-state index is 0.134. The molecule has 110 valence electrons. The Bertz CT molecular complexity index is 782. The summed E-state index contributed by atoms with van der Waals surface area (Å²) in [5, 5.41) is 8.93. The Morgan fingerprint density at radius 1 is 1.10 bits per heavy atom. The van der Waals surface area contributed by atoms with Crippen molar-refractivity contribution in [3.8, 4) is 11.5 Å². The van der Waals surface area contributed by atoms with Gasteiger partial charge in [-0.1, -0.05) is 0 Å². The SMILES string of the molecule is CS(=O)(=O)c1ccc(Oc2ccc(C(=O)O)c(Br)c2)cc1. The fraction of sp³-hybridized carbons (Fsp3) is 0.0714. The molecule has 0 amide bonds. The molecule has 0 aliphatic rings. The minimum atomic E-state index is -3.24. The van der Waals surface area contributed by atoms with Gasteiger partial charge in [0.05, 0.1) is 10.5 Å². The number of sulfone groups is 1. The van der Waals surface area contributed by atoms with E-state index in [1.54, 1.807) is 0 Å². The maximum atomic E-state index is 11.3. The van der Waals surface area contributed by atoms with Gasteiger partial charge in [0, 0.05) is 10.7 Å². The molecule has 0 saturated heterocycles. The Balaban J connectivity index is 2.23. The van der Waals surface area contributed by atoms with Crippen molar-refractivity contribution in [3.05, 3.63) is 52.5 Å². The molecule has 0 aliphatic carbocycles. The summed E-state index contributed by atoms with van der Waals surface area (Å²) in [6, 6.07) is 10.5. The molecule has 0 aliphatic heterocycles. The first-order valence-electron chi connectivity index (χ1n) is 5.78. The van der Waals surface area contributed by atoms with Gasteiger partial charge in [-0.25, -0.2) is 13.2 Å². The van der Waals surface area contributed by atoms with Crippen LogP contribution in [0.25, 0.3) is 0 Å². The van der Waals surface area contributed by atoms with Crippen LogP contribution in [-0.4, -0.2) is 25.7 Å². The quantitative estimate of drug-likeness (QED) is 0.892. The van der Waals surface area contributed by atoms with Crippen molar-refractivity contribution in [2.24, 2.45) is 0 Å². The topological polar surface area (TPSA) is 80.7 Å². The van der Waals surface area contributed by atoms with Gasteiger partial charge in [0.25, 0.3) is 0 Å². The molecule has 5 nitrogen and oxygen atoms in total. The van der Waals surface area contributed by atoms with E-state index in [2.05, 4.69) is 15.9 Å². The molecule has 1 N–H and O–H groups in total. The number of benzene rings is 2. The van der Waals surface area contributed by atoms with E-state index in [0.29, 0.717) is 16.0 Å². The highest BCUT2D eigenvalue weighted by molar-refractivity contribution is 9.10. The number of ether oxygens (including phenoxy) is 1. The van der Waals surface area contributed by atoms with Gasteiger partial charge >= 0.3 is 5.97 Å². The fourth-order valence-corrected chi connectivity index (χ4v) is 2.78. The lowest BCUT2D eigenvalue weighted by molar-refractivity contribution is 0.0696. The van der Waals surface area contributed by atoms with E-state index in [4.69, 9.17) is 9.84 Å². The van der Waals surface area contributed by atoms with Crippen LogP contribution >= 0.6 is 15.9 Å². The molecule has 0 fully saturated rings. The van der Waals surface area contributed by atoms with Crippen molar-refractivity contribution in [1.29, 1.82) is 0 Å². The number of hydrogen-bond donors (Lipinski definition) is 1. The Hall–Kier alpha value is -1.86. The Labute approximate surface area is 130 Å². The lowest BCUT2D eigenvalue weighted by Crippen LogP contribution is -1.98. The third-order valence-corrected chi connectivity index (χ3v) is 4.44. The van der Waals surface area contributed by atoms with Gasteiger partial charge in [-0.05, 0) is 58.4 Å². The molecule has 0 radical (unpaired) electrons. The zero-order chi connectivity index (χ0) is 15.6. The first kappa shape index (κ1) is 15.5. The van der Waals surface area contributed by atoms with Gasteiger partial charge < -0.3 is 9.84 Å². The van der Waals surface area contributed by atoms with Crippen molar-refractivity contribution in [2.45, 2.75) is 4.90 Å². The predicted octanol–water partition coefficient (Wildman–Crippen LogP) is 3.34. The standard InChI is InChI=1S/C14H11BrO5S/c1-21(18,19)11-5-2-9(3-6-11)20-10-4-7-12(14(16)17)13(15)8-10/h2-8H,1H3,(H,16,17). The molecule has 0 saturated carbocycles. The second kappa shape index (κ2) is 5.87. The van der Waals surface area contributed by atoms with E-state index in [-0.39, 0.29) is 10.5 Å². The summed E-state index contributed by atoms with van der Waals surface area (Å²) in [4.78, 5) is 11.1. The van der Waals surface area contributed by atoms with Crippen LogP contribution in [0, 0.1) is 0 Å². The number of hydrogen-bond acceptors (Lipinski definition) is 4. The number of rotatable bonds is 4. The first-order chi connectivity index (χ1) is 9.77. The van der Waals surface area contributed by atoms with E-state index >= 15 is 0 Å². The summed E-state index contributed by atoms with van der Waals surface area (Å²) < 4.78 is 28.6. The zero-order valence-corrected chi connectivity index (χ0v) is 13.3. The van der Waals surface area contributed by atoms with Gasteiger partial charge in [-0.2, -0.15) is 0 Å². The van der Waals surface area contributed by atoms with Crippen molar-refractivity contribution in [1.82, 2.24) is 0 Å². The van der Waals surface area contributed by atoms with Crippen molar-refractivity contribution in [2.75, 3.05) is 6.26 Å². The van der Waals surface area contributed by atoms with Crippen LogP contribution < -0.4 is 4.74 Å². The molecule has 7 heteroatoms. The molecule has 0 heterocycles. The van der Waals surface area contributed by atoms with Crippen LogP contribution in [-0.2, 0) is 9.84 Å². The number of carbonyl (C=O) groups is 1. The normalized spacial score (nSPS) is 11.1. The molecule has 0 spiro atoms. The van der Waals surface area contributed by atoms with Crippen LogP contribution in [0.4, 0.5) is 0 Å².